The minimum atomic E-state index is 0.409. The van der Waals surface area contributed by atoms with Crippen molar-refractivity contribution in [3.63, 3.8) is 0 Å². The molecule has 0 saturated carbocycles. The second kappa shape index (κ2) is 4.33. The average Bonchev–Trinajstić information content (AvgIpc) is 2.55. The zero-order chi connectivity index (χ0) is 11.9. The number of aryl methyl sites for hydroxylation is 2. The summed E-state index contributed by atoms with van der Waals surface area (Å²) in [4.78, 5) is 1.45. The molecule has 1 aromatic carbocycles. The summed E-state index contributed by atoms with van der Waals surface area (Å²) >= 11 is 0. The molecule has 1 saturated heterocycles. The lowest BCUT2D eigenvalue weighted by Crippen LogP contribution is -2.06. The predicted molar refractivity (Wildman–Crippen MR) is 71.3 cm³/mol. The number of hydrogen-bond donors (Lipinski definition) is 1. The van der Waals surface area contributed by atoms with Crippen LogP contribution < -0.4 is 0 Å². The molecule has 0 aliphatic carbocycles. The van der Waals surface area contributed by atoms with Crippen molar-refractivity contribution in [3.05, 3.63) is 23.3 Å². The van der Waals surface area contributed by atoms with Gasteiger partial charge in [0.2, 0.25) is 0 Å². The van der Waals surface area contributed by atoms with Crippen molar-refractivity contribution in [1.82, 2.24) is 0 Å². The minimum Gasteiger partial charge on any atom is -0.507 e. The fraction of sp³-hybridized carbons (Fsp3) is 0.571. The summed E-state index contributed by atoms with van der Waals surface area (Å²) in [5.41, 5.74) is 2.05. The van der Waals surface area contributed by atoms with Crippen LogP contribution in [0.15, 0.2) is 17.0 Å². The molecule has 2 heteroatoms. The van der Waals surface area contributed by atoms with Crippen LogP contribution in [0, 0.1) is 25.7 Å². The van der Waals surface area contributed by atoms with Crippen molar-refractivity contribution in [2.45, 2.75) is 32.6 Å². The molecule has 0 aromatic heterocycles. The number of hydrogen-bond acceptors (Lipinski definition) is 1. The molecule has 1 N–H and O–H groups in total. The maximum absolute atomic E-state index is 9.78. The maximum Gasteiger partial charge on any atom is 0.155 e. The summed E-state index contributed by atoms with van der Waals surface area (Å²) < 4.78 is 0. The van der Waals surface area contributed by atoms with Crippen LogP contribution in [-0.2, 0) is 10.9 Å². The monoisotopic (exact) mass is 237 g/mol. The van der Waals surface area contributed by atoms with E-state index in [0.717, 1.165) is 23.0 Å². The molecule has 0 spiro atoms. The minimum absolute atomic E-state index is 0.409. The highest BCUT2D eigenvalue weighted by atomic mass is 32.2. The Kier molecular flexibility index (Phi) is 3.20. The maximum atomic E-state index is 9.78. The molecule has 1 nitrogen and oxygen atoms in total. The van der Waals surface area contributed by atoms with Gasteiger partial charge in [0.1, 0.15) is 17.3 Å². The van der Waals surface area contributed by atoms with E-state index in [-0.39, 0.29) is 0 Å². The van der Waals surface area contributed by atoms with Crippen molar-refractivity contribution in [3.8, 4) is 5.75 Å². The summed E-state index contributed by atoms with van der Waals surface area (Å²) in [6.45, 7) is 8.71. The van der Waals surface area contributed by atoms with E-state index >= 15 is 0 Å². The van der Waals surface area contributed by atoms with Crippen LogP contribution in [0.5, 0.6) is 5.75 Å². The highest BCUT2D eigenvalue weighted by molar-refractivity contribution is 7.97. The van der Waals surface area contributed by atoms with E-state index in [1.165, 1.54) is 16.4 Å². The molecule has 2 atom stereocenters. The molecule has 0 radical (unpaired) electrons. The first kappa shape index (κ1) is 11.8. The molecule has 0 bridgehead atoms. The highest BCUT2D eigenvalue weighted by Gasteiger charge is 2.38. The Morgan fingerprint density at radius 3 is 1.94 bits per heavy atom. The largest absolute Gasteiger partial charge is 0.507 e. The van der Waals surface area contributed by atoms with Crippen LogP contribution in [0.1, 0.15) is 25.0 Å². The Labute approximate surface area is 101 Å². The van der Waals surface area contributed by atoms with Gasteiger partial charge in [-0.1, -0.05) is 13.8 Å². The molecule has 88 valence electrons. The molecule has 1 aliphatic heterocycles. The molecule has 1 aliphatic rings. The third-order valence-electron chi connectivity index (χ3n) is 3.70. The van der Waals surface area contributed by atoms with E-state index in [4.69, 9.17) is 0 Å². The third-order valence-corrected chi connectivity index (χ3v) is 6.46. The smallest absolute Gasteiger partial charge is 0.155 e. The molecule has 0 amide bonds. The van der Waals surface area contributed by atoms with Crippen molar-refractivity contribution in [1.29, 1.82) is 0 Å². The number of aromatic hydroxyl groups is 1. The molecule has 16 heavy (non-hydrogen) atoms. The summed E-state index contributed by atoms with van der Waals surface area (Å²) in [5, 5.41) is 9.78. The molecule has 2 unspecified atom stereocenters. The van der Waals surface area contributed by atoms with Crippen LogP contribution in [0.2, 0.25) is 0 Å². The van der Waals surface area contributed by atoms with Crippen molar-refractivity contribution >= 4 is 10.9 Å². The number of phenols is 1. The number of benzene rings is 1. The number of phenolic OH excluding ortho intramolecular Hbond substituents is 1. The van der Waals surface area contributed by atoms with Gasteiger partial charge in [-0.25, -0.2) is 0 Å². The fourth-order valence-electron chi connectivity index (χ4n) is 2.31. The number of rotatable bonds is 1. The van der Waals surface area contributed by atoms with Gasteiger partial charge >= 0.3 is 0 Å². The molecular formula is C14H21OS+. The Balaban J connectivity index is 2.29. The zero-order valence-corrected chi connectivity index (χ0v) is 11.4. The van der Waals surface area contributed by atoms with E-state index in [2.05, 4.69) is 26.0 Å². The lowest BCUT2D eigenvalue weighted by Gasteiger charge is -2.06. The predicted octanol–water partition coefficient (Wildman–Crippen LogP) is 3.27. The third kappa shape index (κ3) is 2.08. The quantitative estimate of drug-likeness (QED) is 0.743. The van der Waals surface area contributed by atoms with E-state index in [9.17, 15) is 5.11 Å². The average molecular weight is 237 g/mol. The molecule has 1 heterocycles. The second-order valence-corrected chi connectivity index (χ2v) is 7.31. The highest BCUT2D eigenvalue weighted by Crippen LogP contribution is 2.34. The van der Waals surface area contributed by atoms with E-state index in [0.29, 0.717) is 16.6 Å². The summed E-state index contributed by atoms with van der Waals surface area (Å²) in [6.07, 6.45) is 0. The van der Waals surface area contributed by atoms with Crippen LogP contribution in [0.3, 0.4) is 0 Å². The summed E-state index contributed by atoms with van der Waals surface area (Å²) in [5.74, 6) is 4.80. The van der Waals surface area contributed by atoms with Gasteiger partial charge in [0.15, 0.2) is 4.90 Å². The van der Waals surface area contributed by atoms with Crippen LogP contribution >= 0.6 is 0 Å². The fourth-order valence-corrected chi connectivity index (χ4v) is 5.44. The first-order chi connectivity index (χ1) is 7.49. The van der Waals surface area contributed by atoms with Gasteiger partial charge in [0.05, 0.1) is 0 Å². The van der Waals surface area contributed by atoms with Crippen molar-refractivity contribution in [2.24, 2.45) is 11.8 Å². The van der Waals surface area contributed by atoms with Crippen LogP contribution in [0.25, 0.3) is 0 Å². The Bertz CT molecular complexity index is 367. The first-order valence-corrected chi connectivity index (χ1v) is 7.53. The Morgan fingerprint density at radius 1 is 1.06 bits per heavy atom. The van der Waals surface area contributed by atoms with Gasteiger partial charge in [0, 0.05) is 22.7 Å². The van der Waals surface area contributed by atoms with Crippen molar-refractivity contribution < 1.29 is 5.11 Å². The van der Waals surface area contributed by atoms with E-state index in [1.807, 2.05) is 13.8 Å². The molecule has 1 fully saturated rings. The second-order valence-electron chi connectivity index (χ2n) is 5.19. The Morgan fingerprint density at radius 2 is 1.50 bits per heavy atom. The van der Waals surface area contributed by atoms with Crippen molar-refractivity contribution in [2.75, 3.05) is 11.5 Å². The lowest BCUT2D eigenvalue weighted by atomic mass is 10.0. The summed E-state index contributed by atoms with van der Waals surface area (Å²) in [6, 6.07) is 4.35. The van der Waals surface area contributed by atoms with Crippen LogP contribution in [-0.4, -0.2) is 16.6 Å². The van der Waals surface area contributed by atoms with E-state index < -0.39 is 0 Å². The van der Waals surface area contributed by atoms with Crippen LogP contribution in [0.4, 0.5) is 0 Å². The van der Waals surface area contributed by atoms with E-state index in [1.54, 1.807) is 0 Å². The van der Waals surface area contributed by atoms with Gasteiger partial charge in [-0.05, 0) is 37.1 Å². The molecular weight excluding hydrogens is 216 g/mol. The molecule has 1 aromatic rings. The standard InChI is InChI=1S/C14H20OS/c1-9-5-13(6-10(2)14(9)15)16-7-11(3)12(4)8-16/h5-6,11-12H,7-8H2,1-4H3/p+1. The topological polar surface area (TPSA) is 20.2 Å². The molecule has 2 rings (SSSR count). The SMILES string of the molecule is Cc1cc([S+]2CC(C)C(C)C2)cc(C)c1O. The van der Waals surface area contributed by atoms with Gasteiger partial charge in [0.25, 0.3) is 0 Å². The van der Waals surface area contributed by atoms with Gasteiger partial charge in [-0.15, -0.1) is 0 Å². The summed E-state index contributed by atoms with van der Waals surface area (Å²) in [7, 11) is 0.409. The van der Waals surface area contributed by atoms with Gasteiger partial charge in [-0.2, -0.15) is 0 Å². The zero-order valence-electron chi connectivity index (χ0n) is 10.6. The normalized spacial score (nSPS) is 29.6. The first-order valence-electron chi connectivity index (χ1n) is 5.96. The lowest BCUT2D eigenvalue weighted by molar-refractivity contribution is 0.466. The van der Waals surface area contributed by atoms with Gasteiger partial charge < -0.3 is 5.11 Å². The Hall–Kier alpha value is -0.630. The van der Waals surface area contributed by atoms with Gasteiger partial charge in [-0.3, -0.25) is 0 Å².